The summed E-state index contributed by atoms with van der Waals surface area (Å²) in [4.78, 5) is 29.2. The summed E-state index contributed by atoms with van der Waals surface area (Å²) in [5.41, 5.74) is 1.86. The average Bonchev–Trinajstić information content (AvgIpc) is 3.06. The lowest BCUT2D eigenvalue weighted by Gasteiger charge is -2.23. The zero-order chi connectivity index (χ0) is 22.9. The molecule has 2 amide bonds. The van der Waals surface area contributed by atoms with E-state index in [-0.39, 0.29) is 37.9 Å². The van der Waals surface area contributed by atoms with Gasteiger partial charge in [0, 0.05) is 26.1 Å². The van der Waals surface area contributed by atoms with Gasteiger partial charge >= 0.3 is 0 Å². The zero-order valence-corrected chi connectivity index (χ0v) is 19.5. The van der Waals surface area contributed by atoms with E-state index < -0.39 is 0 Å². The minimum absolute atomic E-state index is 0.121. The van der Waals surface area contributed by atoms with E-state index in [1.165, 1.54) is 16.7 Å². The van der Waals surface area contributed by atoms with Crippen LogP contribution in [0.2, 0.25) is 0 Å². The topological polar surface area (TPSA) is 70.1 Å². The smallest absolute Gasteiger partial charge is 0.266 e. The van der Waals surface area contributed by atoms with E-state index in [4.69, 9.17) is 17.0 Å². The van der Waals surface area contributed by atoms with E-state index >= 15 is 0 Å². The van der Waals surface area contributed by atoms with E-state index in [0.29, 0.717) is 22.4 Å². The normalized spacial score (nSPS) is 14.8. The summed E-state index contributed by atoms with van der Waals surface area (Å²) >= 11 is 6.62. The van der Waals surface area contributed by atoms with Crippen molar-refractivity contribution in [2.75, 3.05) is 26.3 Å². The number of benzene rings is 2. The molecular weight excluding hydrogens is 444 g/mol. The number of aliphatic hydroxyl groups is 1. The Morgan fingerprint density at radius 1 is 1.19 bits per heavy atom. The molecule has 0 atom stereocenters. The van der Waals surface area contributed by atoms with E-state index in [1.807, 2.05) is 61.5 Å². The number of thioether (sulfide) groups is 1. The van der Waals surface area contributed by atoms with Crippen LogP contribution in [-0.4, -0.2) is 57.3 Å². The molecule has 3 rings (SSSR count). The van der Waals surface area contributed by atoms with Crippen molar-refractivity contribution in [1.82, 2.24) is 9.80 Å². The Hall–Kier alpha value is -2.68. The first-order valence-electron chi connectivity index (χ1n) is 10.4. The maximum absolute atomic E-state index is 12.8. The summed E-state index contributed by atoms with van der Waals surface area (Å²) in [5, 5.41) is 9.35. The van der Waals surface area contributed by atoms with Gasteiger partial charge in [-0.2, -0.15) is 0 Å². The Kier molecular flexibility index (Phi) is 8.84. The molecule has 1 fully saturated rings. The molecule has 2 aromatic carbocycles. The second kappa shape index (κ2) is 11.8. The molecular formula is C24H26N2O4S2. The monoisotopic (exact) mass is 470 g/mol. The van der Waals surface area contributed by atoms with Crippen molar-refractivity contribution in [1.29, 1.82) is 0 Å². The molecule has 2 aromatic rings. The van der Waals surface area contributed by atoms with Crippen molar-refractivity contribution in [3.05, 3.63) is 70.6 Å². The lowest BCUT2D eigenvalue weighted by atomic mass is 10.2. The van der Waals surface area contributed by atoms with Crippen LogP contribution in [0.15, 0.2) is 59.5 Å². The summed E-state index contributed by atoms with van der Waals surface area (Å²) in [6, 6.07) is 17.1. The van der Waals surface area contributed by atoms with Crippen LogP contribution in [-0.2, 0) is 16.1 Å². The molecule has 0 saturated carbocycles. The van der Waals surface area contributed by atoms with Crippen LogP contribution >= 0.6 is 24.0 Å². The molecule has 1 saturated heterocycles. The second-order valence-electron chi connectivity index (χ2n) is 7.11. The molecule has 0 aromatic heterocycles. The summed E-state index contributed by atoms with van der Waals surface area (Å²) in [7, 11) is 0. The van der Waals surface area contributed by atoms with Crippen LogP contribution in [0.3, 0.4) is 0 Å². The van der Waals surface area contributed by atoms with E-state index in [9.17, 15) is 14.7 Å². The Labute approximate surface area is 197 Å². The Morgan fingerprint density at radius 3 is 2.56 bits per heavy atom. The highest BCUT2D eigenvalue weighted by atomic mass is 32.2. The third-order valence-corrected chi connectivity index (χ3v) is 6.23. The third kappa shape index (κ3) is 6.41. The molecule has 0 spiro atoms. The fourth-order valence-electron chi connectivity index (χ4n) is 3.25. The number of hydrogen-bond acceptors (Lipinski definition) is 6. The van der Waals surface area contributed by atoms with Crippen LogP contribution in [0.1, 0.15) is 24.5 Å². The van der Waals surface area contributed by atoms with Gasteiger partial charge in [0.15, 0.2) is 0 Å². The van der Waals surface area contributed by atoms with Crippen LogP contribution in [0.25, 0.3) is 6.08 Å². The van der Waals surface area contributed by atoms with Gasteiger partial charge in [-0.15, -0.1) is 0 Å². The van der Waals surface area contributed by atoms with Gasteiger partial charge in [-0.05, 0) is 36.3 Å². The fourth-order valence-corrected chi connectivity index (χ4v) is 4.56. The summed E-state index contributed by atoms with van der Waals surface area (Å²) < 4.78 is 5.88. The van der Waals surface area contributed by atoms with Gasteiger partial charge in [0.05, 0.1) is 18.1 Å². The molecule has 1 aliphatic heterocycles. The quantitative estimate of drug-likeness (QED) is 0.422. The predicted molar refractivity (Wildman–Crippen MR) is 131 cm³/mol. The van der Waals surface area contributed by atoms with E-state index in [0.717, 1.165) is 16.9 Å². The Bertz CT molecular complexity index is 977. The Balaban J connectivity index is 1.61. The van der Waals surface area contributed by atoms with Crippen molar-refractivity contribution in [2.45, 2.75) is 19.9 Å². The van der Waals surface area contributed by atoms with Crippen molar-refractivity contribution in [3.63, 3.8) is 0 Å². The van der Waals surface area contributed by atoms with Gasteiger partial charge in [0.25, 0.3) is 5.91 Å². The van der Waals surface area contributed by atoms with Crippen molar-refractivity contribution in [2.24, 2.45) is 0 Å². The maximum Gasteiger partial charge on any atom is 0.266 e. The molecule has 1 heterocycles. The number of carbonyl (C=O) groups is 2. The highest BCUT2D eigenvalue weighted by Crippen LogP contribution is 2.33. The fraction of sp³-hybridized carbons (Fsp3) is 0.292. The second-order valence-corrected chi connectivity index (χ2v) is 8.79. The van der Waals surface area contributed by atoms with Crippen LogP contribution < -0.4 is 4.74 Å². The number of carbonyl (C=O) groups excluding carboxylic acids is 2. The summed E-state index contributed by atoms with van der Waals surface area (Å²) in [6.07, 6.45) is 1.93. The molecule has 0 unspecified atom stereocenters. The molecule has 0 aliphatic carbocycles. The lowest BCUT2D eigenvalue weighted by molar-refractivity contribution is -0.132. The molecule has 8 heteroatoms. The van der Waals surface area contributed by atoms with Gasteiger partial charge in [-0.3, -0.25) is 14.5 Å². The minimum atomic E-state index is -0.196. The minimum Gasteiger partial charge on any atom is -0.494 e. The molecule has 6 nitrogen and oxygen atoms in total. The van der Waals surface area contributed by atoms with Gasteiger partial charge in [0.1, 0.15) is 10.1 Å². The summed E-state index contributed by atoms with van der Waals surface area (Å²) in [6.45, 7) is 3.26. The molecule has 168 valence electrons. The predicted octanol–water partition coefficient (Wildman–Crippen LogP) is 3.70. The standard InChI is InChI=1S/C24H26N2O4S2/c1-2-30-20-10-8-18(9-11-20)16-21-23(29)26(24(31)32-21)13-12-22(28)25(14-15-27)17-19-6-4-3-5-7-19/h3-11,16,27H,2,12-15,17H2,1H3. The molecule has 0 bridgehead atoms. The van der Waals surface area contributed by atoms with Crippen molar-refractivity contribution >= 4 is 46.2 Å². The first-order valence-corrected chi connectivity index (χ1v) is 11.6. The molecule has 0 radical (unpaired) electrons. The largest absolute Gasteiger partial charge is 0.494 e. The van der Waals surface area contributed by atoms with Gasteiger partial charge < -0.3 is 14.7 Å². The maximum atomic E-state index is 12.8. The number of nitrogens with zero attached hydrogens (tertiary/aromatic N) is 2. The highest BCUT2D eigenvalue weighted by molar-refractivity contribution is 8.26. The van der Waals surface area contributed by atoms with Gasteiger partial charge in [-0.25, -0.2) is 0 Å². The number of thiocarbonyl (C=S) groups is 1. The number of hydrogen-bond donors (Lipinski definition) is 1. The van der Waals surface area contributed by atoms with E-state index in [2.05, 4.69) is 0 Å². The number of ether oxygens (including phenoxy) is 1. The third-order valence-electron chi connectivity index (χ3n) is 4.85. The SMILES string of the molecule is CCOc1ccc(C=C2SC(=S)N(CCC(=O)N(CCO)Cc3ccccc3)C2=O)cc1. The first kappa shape index (κ1) is 24.0. The first-order chi connectivity index (χ1) is 15.5. The lowest BCUT2D eigenvalue weighted by Crippen LogP contribution is -2.37. The average molecular weight is 471 g/mol. The van der Waals surface area contributed by atoms with Crippen molar-refractivity contribution < 1.29 is 19.4 Å². The Morgan fingerprint density at radius 2 is 1.91 bits per heavy atom. The summed E-state index contributed by atoms with van der Waals surface area (Å²) in [5.74, 6) is 0.449. The number of rotatable bonds is 10. The van der Waals surface area contributed by atoms with Crippen LogP contribution in [0.4, 0.5) is 0 Å². The number of amides is 2. The highest BCUT2D eigenvalue weighted by Gasteiger charge is 2.32. The van der Waals surface area contributed by atoms with Gasteiger partial charge in [-0.1, -0.05) is 66.4 Å². The molecule has 1 N–H and O–H groups in total. The van der Waals surface area contributed by atoms with Crippen LogP contribution in [0, 0.1) is 0 Å². The van der Waals surface area contributed by atoms with Gasteiger partial charge in [0.2, 0.25) is 5.91 Å². The molecule has 32 heavy (non-hydrogen) atoms. The number of aliphatic hydroxyl groups excluding tert-OH is 1. The molecule has 1 aliphatic rings. The van der Waals surface area contributed by atoms with Crippen molar-refractivity contribution in [3.8, 4) is 5.75 Å². The zero-order valence-electron chi connectivity index (χ0n) is 17.9. The van der Waals surface area contributed by atoms with E-state index in [1.54, 1.807) is 11.0 Å². The van der Waals surface area contributed by atoms with Crippen LogP contribution in [0.5, 0.6) is 5.75 Å².